The van der Waals surface area contributed by atoms with Gasteiger partial charge in [0.05, 0.1) is 4.90 Å². The first-order valence-electron chi connectivity index (χ1n) is 8.89. The largest absolute Gasteiger partial charge is 0.338 e. The molecule has 0 aromatic heterocycles. The van der Waals surface area contributed by atoms with Gasteiger partial charge in [0.1, 0.15) is 6.04 Å². The molecule has 0 aliphatic carbocycles. The fraction of sp³-hybridized carbons (Fsp3) is 0.286. The maximum atomic E-state index is 12.7. The molecule has 1 aliphatic rings. The number of hydrogen-bond donors (Lipinski definition) is 1. The van der Waals surface area contributed by atoms with Crippen molar-refractivity contribution in [2.45, 2.75) is 23.8 Å². The molecule has 0 bridgehead atoms. The SMILES string of the molecule is C#CC(NC(=O)C1CCN(S(=O)(=O)c2ccccc2)CC1)c1ccccc1. The Balaban J connectivity index is 1.60. The fourth-order valence-corrected chi connectivity index (χ4v) is 4.72. The van der Waals surface area contributed by atoms with Gasteiger partial charge < -0.3 is 5.32 Å². The predicted octanol–water partition coefficient (Wildman–Crippen LogP) is 2.58. The van der Waals surface area contributed by atoms with Gasteiger partial charge in [-0.05, 0) is 30.5 Å². The van der Waals surface area contributed by atoms with E-state index in [9.17, 15) is 13.2 Å². The monoisotopic (exact) mass is 382 g/mol. The highest BCUT2D eigenvalue weighted by Gasteiger charge is 2.32. The van der Waals surface area contributed by atoms with Gasteiger partial charge in [-0.15, -0.1) is 6.42 Å². The van der Waals surface area contributed by atoms with E-state index in [1.807, 2.05) is 30.3 Å². The molecule has 0 spiro atoms. The van der Waals surface area contributed by atoms with Crippen molar-refractivity contribution in [1.29, 1.82) is 0 Å². The van der Waals surface area contributed by atoms with E-state index < -0.39 is 16.1 Å². The minimum absolute atomic E-state index is 0.126. The van der Waals surface area contributed by atoms with E-state index in [4.69, 9.17) is 6.42 Å². The summed E-state index contributed by atoms with van der Waals surface area (Å²) in [7, 11) is -3.51. The Morgan fingerprint density at radius 1 is 1.04 bits per heavy atom. The van der Waals surface area contributed by atoms with E-state index in [0.29, 0.717) is 25.9 Å². The van der Waals surface area contributed by atoms with Gasteiger partial charge in [0.2, 0.25) is 15.9 Å². The van der Waals surface area contributed by atoms with Crippen LogP contribution in [0.1, 0.15) is 24.4 Å². The summed E-state index contributed by atoms with van der Waals surface area (Å²) in [4.78, 5) is 12.9. The van der Waals surface area contributed by atoms with Crippen molar-refractivity contribution >= 4 is 15.9 Å². The van der Waals surface area contributed by atoms with Crippen LogP contribution in [-0.2, 0) is 14.8 Å². The summed E-state index contributed by atoms with van der Waals surface area (Å²) in [6.07, 6.45) is 6.53. The molecular weight excluding hydrogens is 360 g/mol. The lowest BCUT2D eigenvalue weighted by molar-refractivity contribution is -0.126. The second-order valence-electron chi connectivity index (χ2n) is 6.51. The summed E-state index contributed by atoms with van der Waals surface area (Å²) in [5.74, 6) is 2.23. The average molecular weight is 382 g/mol. The van der Waals surface area contributed by atoms with Crippen molar-refractivity contribution in [2.75, 3.05) is 13.1 Å². The van der Waals surface area contributed by atoms with Gasteiger partial charge in [0.15, 0.2) is 0 Å². The van der Waals surface area contributed by atoms with Crippen LogP contribution in [0.2, 0.25) is 0 Å². The molecule has 3 rings (SSSR count). The highest BCUT2D eigenvalue weighted by atomic mass is 32.2. The molecule has 1 fully saturated rings. The average Bonchev–Trinajstić information content (AvgIpc) is 2.73. The molecule has 1 unspecified atom stereocenters. The molecule has 0 saturated carbocycles. The second-order valence-corrected chi connectivity index (χ2v) is 8.45. The number of piperidine rings is 1. The molecule has 1 aliphatic heterocycles. The van der Waals surface area contributed by atoms with Crippen molar-refractivity contribution in [3.63, 3.8) is 0 Å². The Hall–Kier alpha value is -2.62. The van der Waals surface area contributed by atoms with Crippen molar-refractivity contribution in [2.24, 2.45) is 5.92 Å². The van der Waals surface area contributed by atoms with E-state index in [1.165, 1.54) is 4.31 Å². The Labute approximate surface area is 160 Å². The van der Waals surface area contributed by atoms with Gasteiger partial charge in [-0.2, -0.15) is 4.31 Å². The van der Waals surface area contributed by atoms with E-state index in [2.05, 4.69) is 11.2 Å². The normalized spacial score (nSPS) is 17.0. The van der Waals surface area contributed by atoms with Crippen LogP contribution in [0.25, 0.3) is 0 Å². The van der Waals surface area contributed by atoms with Crippen LogP contribution >= 0.6 is 0 Å². The van der Waals surface area contributed by atoms with Crippen LogP contribution in [0, 0.1) is 18.3 Å². The van der Waals surface area contributed by atoms with Crippen molar-refractivity contribution in [1.82, 2.24) is 9.62 Å². The number of hydrogen-bond acceptors (Lipinski definition) is 3. The predicted molar refractivity (Wildman–Crippen MR) is 104 cm³/mol. The summed E-state index contributed by atoms with van der Waals surface area (Å²) in [5, 5.41) is 2.89. The van der Waals surface area contributed by atoms with E-state index in [1.54, 1.807) is 30.3 Å². The number of carbonyl (C=O) groups is 1. The lowest BCUT2D eigenvalue weighted by Crippen LogP contribution is -2.43. The molecule has 6 heteroatoms. The van der Waals surface area contributed by atoms with Gasteiger partial charge in [0.25, 0.3) is 0 Å². The third-order valence-corrected chi connectivity index (χ3v) is 6.70. The zero-order chi connectivity index (χ0) is 19.3. The highest BCUT2D eigenvalue weighted by Crippen LogP contribution is 2.24. The van der Waals surface area contributed by atoms with Gasteiger partial charge in [-0.1, -0.05) is 54.5 Å². The van der Waals surface area contributed by atoms with Crippen molar-refractivity contribution < 1.29 is 13.2 Å². The zero-order valence-corrected chi connectivity index (χ0v) is 15.7. The smallest absolute Gasteiger partial charge is 0.243 e. The number of carbonyl (C=O) groups excluding carboxylic acids is 1. The minimum Gasteiger partial charge on any atom is -0.338 e. The fourth-order valence-electron chi connectivity index (χ4n) is 3.23. The molecule has 2 aromatic rings. The van der Waals surface area contributed by atoms with Gasteiger partial charge in [0, 0.05) is 19.0 Å². The Bertz CT molecular complexity index is 913. The molecule has 1 atom stereocenters. The molecule has 0 radical (unpaired) electrons. The number of terminal acetylenes is 1. The van der Waals surface area contributed by atoms with E-state index >= 15 is 0 Å². The van der Waals surface area contributed by atoms with E-state index in [0.717, 1.165) is 5.56 Å². The van der Waals surface area contributed by atoms with Crippen LogP contribution in [0.3, 0.4) is 0 Å². The standard InChI is InChI=1S/C21H22N2O3S/c1-2-20(17-9-5-3-6-10-17)22-21(24)18-13-15-23(16-14-18)27(25,26)19-11-7-4-8-12-19/h1,3-12,18,20H,13-16H2,(H,22,24). The summed E-state index contributed by atoms with van der Waals surface area (Å²) in [5.41, 5.74) is 0.859. The first kappa shape index (κ1) is 19.2. The molecule has 1 saturated heterocycles. The van der Waals surface area contributed by atoms with Gasteiger partial charge in [-0.25, -0.2) is 8.42 Å². The Morgan fingerprint density at radius 3 is 2.15 bits per heavy atom. The zero-order valence-electron chi connectivity index (χ0n) is 14.9. The molecule has 5 nitrogen and oxygen atoms in total. The minimum atomic E-state index is -3.51. The Morgan fingerprint density at radius 2 is 1.59 bits per heavy atom. The molecule has 1 N–H and O–H groups in total. The Kier molecular flexibility index (Phi) is 5.94. The number of nitrogens with one attached hydrogen (secondary N) is 1. The maximum Gasteiger partial charge on any atom is 0.243 e. The summed E-state index contributed by atoms with van der Waals surface area (Å²) in [6, 6.07) is 17.3. The third kappa shape index (κ3) is 4.38. The quantitative estimate of drug-likeness (QED) is 0.809. The number of sulfonamides is 1. The molecule has 1 heterocycles. The summed E-state index contributed by atoms with van der Waals surface area (Å²) >= 11 is 0. The molecule has 2 aromatic carbocycles. The molecule has 1 amide bonds. The first-order valence-corrected chi connectivity index (χ1v) is 10.3. The number of nitrogens with zero attached hydrogens (tertiary/aromatic N) is 1. The lowest BCUT2D eigenvalue weighted by atomic mass is 9.96. The topological polar surface area (TPSA) is 66.5 Å². The van der Waals surface area contributed by atoms with Crippen molar-refractivity contribution in [3.8, 4) is 12.3 Å². The van der Waals surface area contributed by atoms with Crippen LogP contribution in [0.4, 0.5) is 0 Å². The van der Waals surface area contributed by atoms with Crippen LogP contribution < -0.4 is 5.32 Å². The summed E-state index contributed by atoms with van der Waals surface area (Å²) < 4.78 is 26.8. The number of rotatable bonds is 5. The highest BCUT2D eigenvalue weighted by molar-refractivity contribution is 7.89. The lowest BCUT2D eigenvalue weighted by Gasteiger charge is -2.31. The number of benzene rings is 2. The molecule has 27 heavy (non-hydrogen) atoms. The van der Waals surface area contributed by atoms with Gasteiger partial charge in [-0.3, -0.25) is 4.79 Å². The second kappa shape index (κ2) is 8.38. The van der Waals surface area contributed by atoms with Crippen LogP contribution in [0.5, 0.6) is 0 Å². The van der Waals surface area contributed by atoms with Crippen molar-refractivity contribution in [3.05, 3.63) is 66.2 Å². The molecular formula is C21H22N2O3S. The molecule has 140 valence electrons. The third-order valence-electron chi connectivity index (χ3n) is 4.79. The first-order chi connectivity index (χ1) is 13.0. The summed E-state index contributed by atoms with van der Waals surface area (Å²) in [6.45, 7) is 0.642. The van der Waals surface area contributed by atoms with Crippen LogP contribution in [-0.4, -0.2) is 31.7 Å². The van der Waals surface area contributed by atoms with Gasteiger partial charge >= 0.3 is 0 Å². The number of amides is 1. The van der Waals surface area contributed by atoms with Crippen LogP contribution in [0.15, 0.2) is 65.6 Å². The van der Waals surface area contributed by atoms with E-state index in [-0.39, 0.29) is 16.7 Å². The maximum absolute atomic E-state index is 12.7.